The third kappa shape index (κ3) is 5.17. The van der Waals surface area contributed by atoms with Crippen molar-refractivity contribution in [2.24, 2.45) is 0 Å². The number of Topliss-reactive ketones (excluding diaryl/α,β-unsaturated/α-hetero) is 1. The molecule has 1 N–H and O–H groups in total. The highest BCUT2D eigenvalue weighted by molar-refractivity contribution is 5.77. The maximum Gasteiger partial charge on any atom is 0.304 e. The van der Waals surface area contributed by atoms with Crippen molar-refractivity contribution < 1.29 is 28.6 Å². The van der Waals surface area contributed by atoms with E-state index in [9.17, 15) is 9.59 Å². The van der Waals surface area contributed by atoms with Crippen LogP contribution >= 0.6 is 0 Å². The summed E-state index contributed by atoms with van der Waals surface area (Å²) in [6, 6.07) is 13.3. The van der Waals surface area contributed by atoms with Gasteiger partial charge in [0.2, 0.25) is 0 Å². The molecule has 198 valence electrons. The average Bonchev–Trinajstić information content (AvgIpc) is 3.44. The molecule has 5 rings (SSSR count). The summed E-state index contributed by atoms with van der Waals surface area (Å²) in [7, 11) is 0. The van der Waals surface area contributed by atoms with Crippen molar-refractivity contribution in [3.63, 3.8) is 0 Å². The van der Waals surface area contributed by atoms with Gasteiger partial charge in [-0.3, -0.25) is 4.79 Å². The number of hydrogen-bond acceptors (Lipinski definition) is 4. The van der Waals surface area contributed by atoms with Crippen LogP contribution in [0.1, 0.15) is 78.0 Å². The van der Waals surface area contributed by atoms with Gasteiger partial charge >= 0.3 is 5.97 Å². The Hall–Kier alpha value is -3.67. The standard InChI is InChI=1S/C32H33FO5/c1-18-13-21(6-4-5-20(3)34)14-19(2)31(18)25-9-11-27(33)32-26(25)10-12-28(32)38-23-7-8-24-22(15-30(35)36)17-37-29(24)16-23/h7-9,11,13-14,16,22,28H,4-6,10,12,15,17H2,1-3H3,(H,35,36)/t22-,28-/m1/s1. The van der Waals surface area contributed by atoms with Crippen LogP contribution in [0.15, 0.2) is 42.5 Å². The van der Waals surface area contributed by atoms with Gasteiger partial charge in [0.15, 0.2) is 0 Å². The monoisotopic (exact) mass is 516 g/mol. The molecule has 0 saturated carbocycles. The Morgan fingerprint density at radius 2 is 1.87 bits per heavy atom. The Bertz CT molecular complexity index is 1390. The van der Waals surface area contributed by atoms with Gasteiger partial charge < -0.3 is 19.4 Å². The minimum absolute atomic E-state index is 0.0232. The van der Waals surface area contributed by atoms with E-state index in [1.54, 1.807) is 13.0 Å². The number of carboxylic acid groups (broad SMARTS) is 1. The molecule has 3 aromatic carbocycles. The molecule has 1 heterocycles. The molecule has 5 nitrogen and oxygen atoms in total. The molecule has 0 fully saturated rings. The van der Waals surface area contributed by atoms with Crippen LogP contribution in [0.5, 0.6) is 11.5 Å². The zero-order valence-corrected chi connectivity index (χ0v) is 22.1. The van der Waals surface area contributed by atoms with Gasteiger partial charge in [0.25, 0.3) is 0 Å². The summed E-state index contributed by atoms with van der Waals surface area (Å²) >= 11 is 0. The number of aryl methyl sites for hydroxylation is 3. The van der Waals surface area contributed by atoms with Crippen LogP contribution in [0, 0.1) is 19.7 Å². The molecule has 2 atom stereocenters. The zero-order chi connectivity index (χ0) is 27.0. The summed E-state index contributed by atoms with van der Waals surface area (Å²) in [4.78, 5) is 22.5. The molecule has 0 unspecified atom stereocenters. The molecule has 0 saturated heterocycles. The van der Waals surface area contributed by atoms with Gasteiger partial charge in [-0.1, -0.05) is 24.3 Å². The molecule has 3 aromatic rings. The third-order valence-corrected chi connectivity index (χ3v) is 7.70. The average molecular weight is 517 g/mol. The van der Waals surface area contributed by atoms with E-state index in [4.69, 9.17) is 14.6 Å². The Kier molecular flexibility index (Phi) is 7.24. The lowest BCUT2D eigenvalue weighted by Crippen LogP contribution is -2.07. The van der Waals surface area contributed by atoms with Crippen molar-refractivity contribution in [2.75, 3.05) is 6.61 Å². The van der Waals surface area contributed by atoms with Crippen LogP contribution in [-0.2, 0) is 22.4 Å². The molecular formula is C32H33FO5. The SMILES string of the molecule is CC(=O)CCCc1cc(C)c(-c2ccc(F)c3c2CC[C@H]3Oc2ccc3c(c2)OC[C@H]3CC(=O)O)c(C)c1. The summed E-state index contributed by atoms with van der Waals surface area (Å²) in [5, 5.41) is 9.14. The predicted molar refractivity (Wildman–Crippen MR) is 144 cm³/mol. The second-order valence-electron chi connectivity index (χ2n) is 10.6. The highest BCUT2D eigenvalue weighted by Gasteiger charge is 2.32. The highest BCUT2D eigenvalue weighted by atomic mass is 19.1. The highest BCUT2D eigenvalue weighted by Crippen LogP contribution is 2.45. The van der Waals surface area contributed by atoms with Gasteiger partial charge in [-0.25, -0.2) is 4.39 Å². The van der Waals surface area contributed by atoms with E-state index in [0.717, 1.165) is 46.2 Å². The van der Waals surface area contributed by atoms with Crippen molar-refractivity contribution in [1.82, 2.24) is 0 Å². The number of carbonyl (C=O) groups excluding carboxylic acids is 1. The van der Waals surface area contributed by atoms with Crippen LogP contribution in [0.2, 0.25) is 0 Å². The minimum Gasteiger partial charge on any atom is -0.492 e. The van der Waals surface area contributed by atoms with Crippen LogP contribution in [-0.4, -0.2) is 23.5 Å². The molecule has 0 amide bonds. The summed E-state index contributed by atoms with van der Waals surface area (Å²) in [6.07, 6.45) is 3.29. The van der Waals surface area contributed by atoms with Crippen molar-refractivity contribution in [2.45, 2.75) is 71.3 Å². The van der Waals surface area contributed by atoms with Crippen LogP contribution in [0.4, 0.5) is 4.39 Å². The van der Waals surface area contributed by atoms with E-state index in [1.165, 1.54) is 11.6 Å². The molecule has 0 spiro atoms. The van der Waals surface area contributed by atoms with Gasteiger partial charge in [0.1, 0.15) is 29.2 Å². The summed E-state index contributed by atoms with van der Waals surface area (Å²) < 4.78 is 27.2. The lowest BCUT2D eigenvalue weighted by Gasteiger charge is -2.19. The van der Waals surface area contributed by atoms with Crippen molar-refractivity contribution >= 4 is 11.8 Å². The van der Waals surface area contributed by atoms with Crippen molar-refractivity contribution in [1.29, 1.82) is 0 Å². The Labute approximate surface area is 222 Å². The van der Waals surface area contributed by atoms with Gasteiger partial charge in [0.05, 0.1) is 13.0 Å². The number of aliphatic carboxylic acids is 1. The first-order valence-corrected chi connectivity index (χ1v) is 13.3. The van der Waals surface area contributed by atoms with Gasteiger partial charge in [0, 0.05) is 29.5 Å². The maximum atomic E-state index is 15.2. The smallest absolute Gasteiger partial charge is 0.304 e. The summed E-state index contributed by atoms with van der Waals surface area (Å²) in [5.74, 6) is 0.148. The predicted octanol–water partition coefficient (Wildman–Crippen LogP) is 7.04. The molecule has 0 aromatic heterocycles. The number of hydrogen-bond donors (Lipinski definition) is 1. The number of ketones is 1. The van der Waals surface area contributed by atoms with E-state index < -0.39 is 12.1 Å². The van der Waals surface area contributed by atoms with E-state index in [0.29, 0.717) is 42.9 Å². The number of ether oxygens (including phenoxy) is 2. The molecular weight excluding hydrogens is 483 g/mol. The number of carboxylic acids is 1. The normalized spacial score (nSPS) is 17.6. The fraction of sp³-hybridized carbons (Fsp3) is 0.375. The number of rotatable bonds is 9. The fourth-order valence-electron chi connectivity index (χ4n) is 6.06. The molecule has 0 radical (unpaired) electrons. The van der Waals surface area contributed by atoms with Gasteiger partial charge in [-0.2, -0.15) is 0 Å². The van der Waals surface area contributed by atoms with E-state index >= 15 is 4.39 Å². The van der Waals surface area contributed by atoms with E-state index in [2.05, 4.69) is 26.0 Å². The number of halogens is 1. The second kappa shape index (κ2) is 10.6. The second-order valence-corrected chi connectivity index (χ2v) is 10.6. The lowest BCUT2D eigenvalue weighted by molar-refractivity contribution is -0.137. The topological polar surface area (TPSA) is 72.8 Å². The lowest BCUT2D eigenvalue weighted by atomic mass is 9.88. The summed E-state index contributed by atoms with van der Waals surface area (Å²) in [5.41, 5.74) is 8.16. The van der Waals surface area contributed by atoms with Crippen LogP contribution in [0.25, 0.3) is 11.1 Å². The molecule has 6 heteroatoms. The summed E-state index contributed by atoms with van der Waals surface area (Å²) in [6.45, 7) is 6.15. The van der Waals surface area contributed by atoms with Gasteiger partial charge in [-0.15, -0.1) is 0 Å². The van der Waals surface area contributed by atoms with Crippen molar-refractivity contribution in [3.05, 3.63) is 81.7 Å². The first-order valence-electron chi connectivity index (χ1n) is 13.3. The van der Waals surface area contributed by atoms with Crippen LogP contribution in [0.3, 0.4) is 0 Å². The minimum atomic E-state index is -0.853. The number of fused-ring (bicyclic) bond motifs is 2. The first kappa shape index (κ1) is 26.0. The Morgan fingerprint density at radius 3 is 2.58 bits per heavy atom. The van der Waals surface area contributed by atoms with Crippen LogP contribution < -0.4 is 9.47 Å². The molecule has 2 aliphatic rings. The quantitative estimate of drug-likeness (QED) is 0.330. The molecule has 1 aliphatic heterocycles. The van der Waals surface area contributed by atoms with Crippen molar-refractivity contribution in [3.8, 4) is 22.6 Å². The molecule has 38 heavy (non-hydrogen) atoms. The largest absolute Gasteiger partial charge is 0.492 e. The molecule has 1 aliphatic carbocycles. The number of carbonyl (C=O) groups is 2. The third-order valence-electron chi connectivity index (χ3n) is 7.70. The van der Waals surface area contributed by atoms with E-state index in [-0.39, 0.29) is 23.9 Å². The van der Waals surface area contributed by atoms with E-state index in [1.807, 2.05) is 18.2 Å². The number of benzene rings is 3. The van der Waals surface area contributed by atoms with Gasteiger partial charge in [-0.05, 0) is 92.0 Å². The molecule has 0 bridgehead atoms. The zero-order valence-electron chi connectivity index (χ0n) is 22.1. The fourth-order valence-corrected chi connectivity index (χ4v) is 6.06. The Morgan fingerprint density at radius 1 is 1.11 bits per heavy atom. The first-order chi connectivity index (χ1) is 18.2. The maximum absolute atomic E-state index is 15.2. The Balaban J connectivity index is 1.40.